The second kappa shape index (κ2) is 8.05. The van der Waals surface area contributed by atoms with Crippen LogP contribution in [0.25, 0.3) is 10.8 Å². The molecule has 3 aromatic carbocycles. The number of benzene rings is 3. The summed E-state index contributed by atoms with van der Waals surface area (Å²) in [5.41, 5.74) is 6.07. The van der Waals surface area contributed by atoms with Gasteiger partial charge in [-0.25, -0.2) is 0 Å². The third-order valence-electron chi connectivity index (χ3n) is 4.96. The van der Waals surface area contributed by atoms with Gasteiger partial charge in [0.05, 0.1) is 11.6 Å². The van der Waals surface area contributed by atoms with Crippen LogP contribution in [0.4, 0.5) is 5.69 Å². The van der Waals surface area contributed by atoms with Crippen LogP contribution >= 0.6 is 15.9 Å². The zero-order valence-corrected chi connectivity index (χ0v) is 17.0. The van der Waals surface area contributed by atoms with E-state index >= 15 is 0 Å². The van der Waals surface area contributed by atoms with Crippen molar-refractivity contribution in [3.05, 3.63) is 76.8 Å². The van der Waals surface area contributed by atoms with Gasteiger partial charge in [0.2, 0.25) is 11.8 Å². The van der Waals surface area contributed by atoms with Crippen molar-refractivity contribution in [3.8, 4) is 0 Å². The highest BCUT2D eigenvalue weighted by molar-refractivity contribution is 9.10. The predicted octanol–water partition coefficient (Wildman–Crippen LogP) is 3.42. The van der Waals surface area contributed by atoms with Crippen molar-refractivity contribution in [2.45, 2.75) is 6.42 Å². The molecule has 1 saturated heterocycles. The second-order valence-corrected chi connectivity index (χ2v) is 7.77. The van der Waals surface area contributed by atoms with E-state index in [1.54, 1.807) is 29.2 Å². The average molecular weight is 452 g/mol. The summed E-state index contributed by atoms with van der Waals surface area (Å²) < 4.78 is 0.857. The van der Waals surface area contributed by atoms with Gasteiger partial charge >= 0.3 is 0 Å². The smallest absolute Gasteiger partial charge is 0.269 e. The van der Waals surface area contributed by atoms with Crippen LogP contribution in [0.5, 0.6) is 0 Å². The normalized spacial score (nSPS) is 16.1. The Hall–Kier alpha value is -3.19. The van der Waals surface area contributed by atoms with Gasteiger partial charge in [-0.2, -0.15) is 0 Å². The highest BCUT2D eigenvalue weighted by Crippen LogP contribution is 2.31. The summed E-state index contributed by atoms with van der Waals surface area (Å²) in [6.45, 7) is 0.271. The topological polar surface area (TPSA) is 78.5 Å². The maximum absolute atomic E-state index is 12.6. The van der Waals surface area contributed by atoms with Crippen LogP contribution in [0.3, 0.4) is 0 Å². The molecule has 7 heteroatoms. The molecule has 146 valence electrons. The molecule has 29 heavy (non-hydrogen) atoms. The largest absolute Gasteiger partial charge is 0.311 e. The lowest BCUT2D eigenvalue weighted by Crippen LogP contribution is -2.45. The molecule has 1 atom stereocenters. The van der Waals surface area contributed by atoms with Gasteiger partial charge in [-0.15, -0.1) is 0 Å². The van der Waals surface area contributed by atoms with Gasteiger partial charge in [0, 0.05) is 28.4 Å². The third-order valence-corrected chi connectivity index (χ3v) is 5.49. The quantitative estimate of drug-likeness (QED) is 0.598. The lowest BCUT2D eigenvalue weighted by Gasteiger charge is -2.19. The Labute approximate surface area is 176 Å². The summed E-state index contributed by atoms with van der Waals surface area (Å²) in [5, 5.41) is 2.00. The molecular weight excluding hydrogens is 434 g/mol. The Morgan fingerprint density at radius 1 is 0.931 bits per heavy atom. The molecule has 3 aromatic rings. The summed E-state index contributed by atoms with van der Waals surface area (Å²) in [7, 11) is 0. The number of nitrogens with zero attached hydrogens (tertiary/aromatic N) is 1. The molecule has 0 aliphatic carbocycles. The van der Waals surface area contributed by atoms with Crippen molar-refractivity contribution < 1.29 is 14.4 Å². The molecule has 2 N–H and O–H groups in total. The molecule has 0 saturated carbocycles. The zero-order chi connectivity index (χ0) is 20.4. The van der Waals surface area contributed by atoms with E-state index in [-0.39, 0.29) is 24.8 Å². The number of fused-ring (bicyclic) bond motifs is 1. The summed E-state index contributed by atoms with van der Waals surface area (Å²) >= 11 is 3.31. The number of halogens is 1. The minimum atomic E-state index is -0.535. The van der Waals surface area contributed by atoms with Gasteiger partial charge in [-0.3, -0.25) is 25.2 Å². The lowest BCUT2D eigenvalue weighted by atomic mass is 10.1. The van der Waals surface area contributed by atoms with Crippen molar-refractivity contribution in [1.82, 2.24) is 10.9 Å². The highest BCUT2D eigenvalue weighted by Gasteiger charge is 2.35. The van der Waals surface area contributed by atoms with E-state index in [9.17, 15) is 14.4 Å². The van der Waals surface area contributed by atoms with Crippen LogP contribution in [0, 0.1) is 5.92 Å². The van der Waals surface area contributed by atoms with E-state index in [1.165, 1.54) is 0 Å². The average Bonchev–Trinajstić information content (AvgIpc) is 3.13. The monoisotopic (exact) mass is 451 g/mol. The van der Waals surface area contributed by atoms with E-state index in [0.717, 1.165) is 20.9 Å². The van der Waals surface area contributed by atoms with E-state index in [1.807, 2.05) is 42.5 Å². The second-order valence-electron chi connectivity index (χ2n) is 6.85. The molecule has 1 fully saturated rings. The maximum Gasteiger partial charge on any atom is 0.269 e. The van der Waals surface area contributed by atoms with Gasteiger partial charge in [-0.1, -0.05) is 52.3 Å². The summed E-state index contributed by atoms with van der Waals surface area (Å²) in [4.78, 5) is 38.9. The van der Waals surface area contributed by atoms with Crippen LogP contribution in [0.2, 0.25) is 0 Å². The van der Waals surface area contributed by atoms with Crippen LogP contribution in [-0.2, 0) is 9.59 Å². The Morgan fingerprint density at radius 2 is 1.66 bits per heavy atom. The van der Waals surface area contributed by atoms with Crippen molar-refractivity contribution >= 4 is 50.1 Å². The van der Waals surface area contributed by atoms with E-state index in [2.05, 4.69) is 26.8 Å². The number of hydrazine groups is 1. The van der Waals surface area contributed by atoms with Crippen molar-refractivity contribution in [2.75, 3.05) is 11.4 Å². The number of rotatable bonds is 3. The zero-order valence-electron chi connectivity index (χ0n) is 15.4. The SMILES string of the molecule is O=C(NNC(=O)[C@@H]1CC(=O)N(c2cccc3ccccc23)C1)c1ccc(Br)cc1. The maximum atomic E-state index is 12.6. The van der Waals surface area contributed by atoms with Gasteiger partial charge in [0.1, 0.15) is 0 Å². The van der Waals surface area contributed by atoms with Crippen molar-refractivity contribution in [3.63, 3.8) is 0 Å². The summed E-state index contributed by atoms with van der Waals surface area (Å²) in [6, 6.07) is 20.4. The fourth-order valence-electron chi connectivity index (χ4n) is 3.45. The molecule has 4 rings (SSSR count). The summed E-state index contributed by atoms with van der Waals surface area (Å²) in [6.07, 6.45) is 0.100. The van der Waals surface area contributed by atoms with Gasteiger partial charge < -0.3 is 4.90 Å². The first kappa shape index (κ1) is 19.1. The van der Waals surface area contributed by atoms with Gasteiger partial charge in [0.15, 0.2) is 0 Å². The molecule has 1 aliphatic heterocycles. The fraction of sp³-hybridized carbons (Fsp3) is 0.136. The lowest BCUT2D eigenvalue weighted by molar-refractivity contribution is -0.126. The third kappa shape index (κ3) is 4.00. The molecule has 0 radical (unpaired) electrons. The van der Waals surface area contributed by atoms with E-state index < -0.39 is 11.8 Å². The minimum absolute atomic E-state index is 0.100. The molecule has 0 aromatic heterocycles. The first-order valence-electron chi connectivity index (χ1n) is 9.17. The number of carbonyl (C=O) groups excluding carboxylic acids is 3. The molecule has 3 amide bonds. The van der Waals surface area contributed by atoms with E-state index in [0.29, 0.717) is 5.56 Å². The number of carbonyl (C=O) groups is 3. The molecular formula is C22H18BrN3O3. The molecule has 0 bridgehead atoms. The Bertz CT molecular complexity index is 1090. The Morgan fingerprint density at radius 3 is 2.45 bits per heavy atom. The van der Waals surface area contributed by atoms with Crippen molar-refractivity contribution in [1.29, 1.82) is 0 Å². The summed E-state index contributed by atoms with van der Waals surface area (Å²) in [5.74, 6) is -1.44. The molecule has 6 nitrogen and oxygen atoms in total. The van der Waals surface area contributed by atoms with Crippen LogP contribution in [-0.4, -0.2) is 24.3 Å². The number of amides is 3. The van der Waals surface area contributed by atoms with Crippen LogP contribution in [0.15, 0.2) is 71.2 Å². The molecule has 1 heterocycles. The van der Waals surface area contributed by atoms with Crippen molar-refractivity contribution in [2.24, 2.45) is 5.92 Å². The first-order chi connectivity index (χ1) is 14.0. The molecule has 0 unspecified atom stereocenters. The number of hydrogen-bond acceptors (Lipinski definition) is 3. The van der Waals surface area contributed by atoms with Crippen LogP contribution in [0.1, 0.15) is 16.8 Å². The fourth-order valence-corrected chi connectivity index (χ4v) is 3.72. The van der Waals surface area contributed by atoms with Crippen LogP contribution < -0.4 is 15.8 Å². The minimum Gasteiger partial charge on any atom is -0.311 e. The van der Waals surface area contributed by atoms with Gasteiger partial charge in [-0.05, 0) is 35.7 Å². The number of anilines is 1. The first-order valence-corrected chi connectivity index (χ1v) is 9.96. The standard InChI is InChI=1S/C22H18BrN3O3/c23-17-10-8-15(9-11-17)21(28)24-25-22(29)16-12-20(27)26(13-16)19-7-3-5-14-4-1-2-6-18(14)19/h1-11,16H,12-13H2,(H,24,28)(H,25,29)/t16-/m1/s1. The molecule has 0 spiro atoms. The number of nitrogens with one attached hydrogen (secondary N) is 2. The number of hydrogen-bond donors (Lipinski definition) is 2. The highest BCUT2D eigenvalue weighted by atomic mass is 79.9. The van der Waals surface area contributed by atoms with Gasteiger partial charge in [0.25, 0.3) is 5.91 Å². The predicted molar refractivity (Wildman–Crippen MR) is 114 cm³/mol. The van der Waals surface area contributed by atoms with E-state index in [4.69, 9.17) is 0 Å². The Balaban J connectivity index is 1.43. The Kier molecular flexibility index (Phi) is 5.31. The molecule has 1 aliphatic rings.